The van der Waals surface area contributed by atoms with Crippen molar-refractivity contribution in [2.24, 2.45) is 5.92 Å². The summed E-state index contributed by atoms with van der Waals surface area (Å²) in [5.74, 6) is 1.04. The van der Waals surface area contributed by atoms with E-state index in [4.69, 9.17) is 4.74 Å². The summed E-state index contributed by atoms with van der Waals surface area (Å²) in [5.41, 5.74) is 1.22. The topological polar surface area (TPSA) is 26.3 Å². The molecule has 2 fully saturated rings. The van der Waals surface area contributed by atoms with E-state index < -0.39 is 5.82 Å². The van der Waals surface area contributed by atoms with Gasteiger partial charge in [-0.25, -0.2) is 4.39 Å². The number of hydrogen-bond acceptors (Lipinski definition) is 2. The molecule has 0 heterocycles. The zero-order chi connectivity index (χ0) is 14.8. The molecule has 2 saturated carbocycles. The first-order chi connectivity index (χ1) is 10.1. The largest absolute Gasteiger partial charge is 0.493 e. The van der Waals surface area contributed by atoms with Crippen molar-refractivity contribution in [2.75, 3.05) is 6.61 Å². The Morgan fingerprint density at radius 1 is 1.19 bits per heavy atom. The van der Waals surface area contributed by atoms with E-state index >= 15 is 0 Å². The molecule has 0 unspecified atom stereocenters. The SMILES string of the molecule is CC(=O)c1cc(C2CC2)c(OCC2CCCCC2)cc1F. The fourth-order valence-corrected chi connectivity index (χ4v) is 3.24. The summed E-state index contributed by atoms with van der Waals surface area (Å²) in [5, 5.41) is 0. The van der Waals surface area contributed by atoms with E-state index in [0.717, 1.165) is 18.4 Å². The highest BCUT2D eigenvalue weighted by Gasteiger charge is 2.29. The molecule has 0 radical (unpaired) electrons. The highest BCUT2D eigenvalue weighted by molar-refractivity contribution is 5.94. The van der Waals surface area contributed by atoms with E-state index in [1.807, 2.05) is 0 Å². The number of carbonyl (C=O) groups is 1. The van der Waals surface area contributed by atoms with Crippen LogP contribution >= 0.6 is 0 Å². The van der Waals surface area contributed by atoms with Crippen molar-refractivity contribution in [1.82, 2.24) is 0 Å². The van der Waals surface area contributed by atoms with Crippen molar-refractivity contribution in [2.45, 2.75) is 57.8 Å². The first kappa shape index (κ1) is 14.6. The molecule has 0 amide bonds. The molecule has 3 rings (SSSR count). The van der Waals surface area contributed by atoms with Gasteiger partial charge in [0.15, 0.2) is 5.78 Å². The molecular formula is C18H23FO2. The highest BCUT2D eigenvalue weighted by Crippen LogP contribution is 2.45. The lowest BCUT2D eigenvalue weighted by Crippen LogP contribution is -2.16. The van der Waals surface area contributed by atoms with E-state index in [-0.39, 0.29) is 11.3 Å². The monoisotopic (exact) mass is 290 g/mol. The Kier molecular flexibility index (Phi) is 4.27. The van der Waals surface area contributed by atoms with Crippen molar-refractivity contribution < 1.29 is 13.9 Å². The zero-order valence-electron chi connectivity index (χ0n) is 12.7. The van der Waals surface area contributed by atoms with Gasteiger partial charge in [-0.1, -0.05) is 19.3 Å². The fourth-order valence-electron chi connectivity index (χ4n) is 3.24. The van der Waals surface area contributed by atoms with Gasteiger partial charge in [-0.3, -0.25) is 4.79 Å². The van der Waals surface area contributed by atoms with E-state index in [2.05, 4.69) is 0 Å². The van der Waals surface area contributed by atoms with Crippen LogP contribution in [0.15, 0.2) is 12.1 Å². The van der Waals surface area contributed by atoms with Gasteiger partial charge in [0.25, 0.3) is 0 Å². The Bertz CT molecular complexity index is 528. The lowest BCUT2D eigenvalue weighted by Gasteiger charge is -2.22. The molecule has 0 N–H and O–H groups in total. The number of rotatable bonds is 5. The first-order valence-corrected chi connectivity index (χ1v) is 8.12. The molecule has 2 aliphatic carbocycles. The average molecular weight is 290 g/mol. The lowest BCUT2D eigenvalue weighted by molar-refractivity contribution is 0.101. The molecule has 114 valence electrons. The number of hydrogen-bond donors (Lipinski definition) is 0. The van der Waals surface area contributed by atoms with Gasteiger partial charge in [-0.2, -0.15) is 0 Å². The first-order valence-electron chi connectivity index (χ1n) is 8.12. The maximum atomic E-state index is 14.0. The summed E-state index contributed by atoms with van der Waals surface area (Å²) in [4.78, 5) is 11.5. The quantitative estimate of drug-likeness (QED) is 0.723. The smallest absolute Gasteiger partial charge is 0.162 e. The van der Waals surface area contributed by atoms with Gasteiger partial charge >= 0.3 is 0 Å². The van der Waals surface area contributed by atoms with Crippen LogP contribution in [0.25, 0.3) is 0 Å². The predicted molar refractivity (Wildman–Crippen MR) is 80.4 cm³/mol. The van der Waals surface area contributed by atoms with Crippen LogP contribution in [0.2, 0.25) is 0 Å². The Hall–Kier alpha value is -1.38. The van der Waals surface area contributed by atoms with Gasteiger partial charge in [0.1, 0.15) is 11.6 Å². The molecule has 1 aromatic rings. The number of carbonyl (C=O) groups excluding carboxylic acids is 1. The van der Waals surface area contributed by atoms with Crippen LogP contribution < -0.4 is 4.74 Å². The van der Waals surface area contributed by atoms with Crippen LogP contribution in [0.1, 0.15) is 73.7 Å². The molecule has 1 aromatic carbocycles. The third kappa shape index (κ3) is 3.45. The average Bonchev–Trinajstić information content (AvgIpc) is 3.30. The number of halogens is 1. The van der Waals surface area contributed by atoms with Crippen molar-refractivity contribution in [3.63, 3.8) is 0 Å². The van der Waals surface area contributed by atoms with Crippen LogP contribution in [-0.2, 0) is 0 Å². The van der Waals surface area contributed by atoms with Crippen molar-refractivity contribution in [3.8, 4) is 5.75 Å². The number of Topliss-reactive ketones (excluding diaryl/α,β-unsaturated/α-hetero) is 1. The summed E-state index contributed by atoms with van der Waals surface area (Å²) >= 11 is 0. The Balaban J connectivity index is 1.76. The van der Waals surface area contributed by atoms with E-state index in [1.165, 1.54) is 45.1 Å². The van der Waals surface area contributed by atoms with Crippen LogP contribution in [0.3, 0.4) is 0 Å². The van der Waals surface area contributed by atoms with Gasteiger partial charge < -0.3 is 4.74 Å². The molecule has 2 aliphatic rings. The fraction of sp³-hybridized carbons (Fsp3) is 0.611. The molecule has 0 bridgehead atoms. The minimum absolute atomic E-state index is 0.196. The molecule has 0 aliphatic heterocycles. The second kappa shape index (κ2) is 6.17. The minimum atomic E-state index is -0.453. The van der Waals surface area contributed by atoms with Gasteiger partial charge in [-0.05, 0) is 56.1 Å². The van der Waals surface area contributed by atoms with Gasteiger partial charge in [0, 0.05) is 6.07 Å². The molecule has 0 saturated heterocycles. The summed E-state index contributed by atoms with van der Waals surface area (Å²) in [7, 11) is 0. The maximum absolute atomic E-state index is 14.0. The molecule has 21 heavy (non-hydrogen) atoms. The summed E-state index contributed by atoms with van der Waals surface area (Å²) < 4.78 is 20.0. The van der Waals surface area contributed by atoms with Crippen LogP contribution in [0, 0.1) is 11.7 Å². The van der Waals surface area contributed by atoms with Crippen molar-refractivity contribution in [1.29, 1.82) is 0 Å². The Labute approximate surface area is 125 Å². The van der Waals surface area contributed by atoms with Gasteiger partial charge in [0.05, 0.1) is 12.2 Å². The lowest BCUT2D eigenvalue weighted by atomic mass is 9.90. The molecular weight excluding hydrogens is 267 g/mol. The predicted octanol–water partition coefficient (Wildman–Crippen LogP) is 4.86. The van der Waals surface area contributed by atoms with Gasteiger partial charge in [-0.15, -0.1) is 0 Å². The molecule has 0 spiro atoms. The Morgan fingerprint density at radius 2 is 1.90 bits per heavy atom. The minimum Gasteiger partial charge on any atom is -0.493 e. The van der Waals surface area contributed by atoms with Crippen molar-refractivity contribution >= 4 is 5.78 Å². The molecule has 0 aromatic heterocycles. The van der Waals surface area contributed by atoms with Crippen LogP contribution in [-0.4, -0.2) is 12.4 Å². The third-order valence-corrected chi connectivity index (χ3v) is 4.70. The maximum Gasteiger partial charge on any atom is 0.162 e. The summed E-state index contributed by atoms with van der Waals surface area (Å²) in [6.07, 6.45) is 8.54. The standard InChI is InChI=1S/C18H23FO2/c1-12(20)15-9-16(14-7-8-14)18(10-17(15)19)21-11-13-5-3-2-4-6-13/h9-10,13-14H,2-8,11H2,1H3. The molecule has 2 nitrogen and oxygen atoms in total. The number of ether oxygens (including phenoxy) is 1. The van der Waals surface area contributed by atoms with E-state index in [0.29, 0.717) is 24.2 Å². The van der Waals surface area contributed by atoms with E-state index in [1.54, 1.807) is 6.07 Å². The summed E-state index contributed by atoms with van der Waals surface area (Å²) in [6, 6.07) is 3.14. The van der Waals surface area contributed by atoms with Crippen molar-refractivity contribution in [3.05, 3.63) is 29.1 Å². The van der Waals surface area contributed by atoms with Crippen LogP contribution in [0.5, 0.6) is 5.75 Å². The summed E-state index contributed by atoms with van der Waals surface area (Å²) in [6.45, 7) is 2.09. The normalized spacial score (nSPS) is 19.5. The second-order valence-corrected chi connectivity index (χ2v) is 6.52. The second-order valence-electron chi connectivity index (χ2n) is 6.52. The number of benzene rings is 1. The number of ketones is 1. The van der Waals surface area contributed by atoms with Crippen LogP contribution in [0.4, 0.5) is 4.39 Å². The molecule has 3 heteroatoms. The zero-order valence-corrected chi connectivity index (χ0v) is 12.7. The molecule has 0 atom stereocenters. The van der Waals surface area contributed by atoms with E-state index in [9.17, 15) is 9.18 Å². The van der Waals surface area contributed by atoms with Gasteiger partial charge in [0.2, 0.25) is 0 Å². The highest BCUT2D eigenvalue weighted by atomic mass is 19.1. The Morgan fingerprint density at radius 3 is 2.52 bits per heavy atom. The third-order valence-electron chi connectivity index (χ3n) is 4.70.